The second-order valence-electron chi connectivity index (χ2n) is 4.55. The number of methoxy groups -OCH3 is 2. The van der Waals surface area contributed by atoms with Crippen molar-refractivity contribution in [3.63, 3.8) is 0 Å². The van der Waals surface area contributed by atoms with E-state index in [0.29, 0.717) is 21.9 Å². The molecule has 6 nitrogen and oxygen atoms in total. The van der Waals surface area contributed by atoms with Crippen LogP contribution in [-0.4, -0.2) is 26.1 Å². The number of cyclic esters (lactones) is 1. The van der Waals surface area contributed by atoms with Crippen LogP contribution in [0.1, 0.15) is 11.3 Å². The highest BCUT2D eigenvalue weighted by molar-refractivity contribution is 9.10. The largest absolute Gasteiger partial charge is 0.493 e. The molecule has 2 heterocycles. The van der Waals surface area contributed by atoms with Gasteiger partial charge in [-0.3, -0.25) is 0 Å². The number of esters is 1. The first-order valence-electron chi connectivity index (χ1n) is 6.61. The van der Waals surface area contributed by atoms with Crippen molar-refractivity contribution < 1.29 is 23.4 Å². The third-order valence-corrected chi connectivity index (χ3v) is 3.54. The van der Waals surface area contributed by atoms with Crippen LogP contribution in [0, 0.1) is 0 Å². The Bertz CT molecular complexity index is 822. The maximum absolute atomic E-state index is 11.9. The topological polar surface area (TPSA) is 70.3 Å². The van der Waals surface area contributed by atoms with Crippen molar-refractivity contribution in [1.29, 1.82) is 0 Å². The van der Waals surface area contributed by atoms with Crippen molar-refractivity contribution in [2.75, 3.05) is 14.2 Å². The van der Waals surface area contributed by atoms with Gasteiger partial charge in [0.15, 0.2) is 27.6 Å². The van der Waals surface area contributed by atoms with Gasteiger partial charge in [-0.05, 0) is 51.8 Å². The predicted molar refractivity (Wildman–Crippen MR) is 86.6 cm³/mol. The number of hydrogen-bond acceptors (Lipinski definition) is 6. The van der Waals surface area contributed by atoms with Crippen LogP contribution in [0.3, 0.4) is 0 Å². The fraction of sp³-hybridized carbons (Fsp3) is 0.125. The lowest BCUT2D eigenvalue weighted by Crippen LogP contribution is -2.04. The number of ether oxygens (including phenoxy) is 3. The fourth-order valence-corrected chi connectivity index (χ4v) is 2.35. The van der Waals surface area contributed by atoms with Crippen molar-refractivity contribution in [2.24, 2.45) is 4.99 Å². The number of halogens is 1. The normalized spacial score (nSPS) is 15.5. The highest BCUT2D eigenvalue weighted by atomic mass is 79.9. The van der Waals surface area contributed by atoms with E-state index in [4.69, 9.17) is 18.6 Å². The number of carbonyl (C=O) groups is 1. The summed E-state index contributed by atoms with van der Waals surface area (Å²) in [4.78, 5) is 16.1. The molecule has 7 heteroatoms. The molecule has 23 heavy (non-hydrogen) atoms. The van der Waals surface area contributed by atoms with Crippen molar-refractivity contribution >= 4 is 33.9 Å². The molecule has 0 unspecified atom stereocenters. The molecule has 0 N–H and O–H groups in total. The van der Waals surface area contributed by atoms with Crippen molar-refractivity contribution in [3.8, 4) is 11.5 Å². The Labute approximate surface area is 140 Å². The van der Waals surface area contributed by atoms with E-state index in [1.54, 1.807) is 50.6 Å². The van der Waals surface area contributed by atoms with Gasteiger partial charge in [0, 0.05) is 0 Å². The molecule has 0 amide bonds. The minimum atomic E-state index is -0.540. The van der Waals surface area contributed by atoms with E-state index < -0.39 is 5.97 Å². The molecular formula is C16H12BrNO5. The summed E-state index contributed by atoms with van der Waals surface area (Å²) in [6.07, 6.45) is 1.61. The average Bonchev–Trinajstić information content (AvgIpc) is 3.13. The Morgan fingerprint density at radius 2 is 1.91 bits per heavy atom. The quantitative estimate of drug-likeness (QED) is 0.603. The summed E-state index contributed by atoms with van der Waals surface area (Å²) in [7, 11) is 3.10. The Hall–Kier alpha value is -2.54. The number of aliphatic imine (C=N–C) groups is 1. The molecule has 3 rings (SSSR count). The summed E-state index contributed by atoms with van der Waals surface area (Å²) in [5.41, 5.74) is 0.917. The third-order valence-electron chi connectivity index (χ3n) is 3.12. The molecular weight excluding hydrogens is 366 g/mol. The van der Waals surface area contributed by atoms with E-state index in [1.807, 2.05) is 0 Å². The van der Waals surface area contributed by atoms with Crippen LogP contribution in [0.5, 0.6) is 11.5 Å². The SMILES string of the molecule is COc1ccc(C=C2N=C(c3ccc(Br)o3)OC2=O)cc1OC. The third kappa shape index (κ3) is 3.14. The Morgan fingerprint density at radius 1 is 1.13 bits per heavy atom. The maximum Gasteiger partial charge on any atom is 0.363 e. The van der Waals surface area contributed by atoms with Gasteiger partial charge in [0.2, 0.25) is 0 Å². The fourth-order valence-electron chi connectivity index (χ4n) is 2.04. The highest BCUT2D eigenvalue weighted by Gasteiger charge is 2.26. The lowest BCUT2D eigenvalue weighted by molar-refractivity contribution is -0.130. The summed E-state index contributed by atoms with van der Waals surface area (Å²) < 4.78 is 21.4. The van der Waals surface area contributed by atoms with Gasteiger partial charge in [-0.2, -0.15) is 0 Å². The van der Waals surface area contributed by atoms with E-state index in [-0.39, 0.29) is 11.6 Å². The van der Waals surface area contributed by atoms with E-state index >= 15 is 0 Å². The molecule has 0 saturated heterocycles. The first-order chi connectivity index (χ1) is 11.1. The standard InChI is InChI=1S/C16H12BrNO5/c1-20-11-4-3-9(8-13(11)21-2)7-10-16(19)23-15(18-10)12-5-6-14(17)22-12/h3-8H,1-2H3. The van der Waals surface area contributed by atoms with Crippen LogP contribution in [0.25, 0.3) is 6.08 Å². The number of carbonyl (C=O) groups excluding carboxylic acids is 1. The summed E-state index contributed by atoms with van der Waals surface area (Å²) in [5, 5.41) is 0. The number of furan rings is 1. The molecule has 0 atom stereocenters. The molecule has 2 aromatic rings. The van der Waals surface area contributed by atoms with Gasteiger partial charge < -0.3 is 18.6 Å². The Kier molecular flexibility index (Phi) is 4.20. The van der Waals surface area contributed by atoms with E-state index in [1.165, 1.54) is 0 Å². The predicted octanol–water partition coefficient (Wildman–Crippen LogP) is 3.40. The first-order valence-corrected chi connectivity index (χ1v) is 7.40. The number of benzene rings is 1. The molecule has 1 aliphatic rings. The molecule has 0 spiro atoms. The molecule has 1 aromatic heterocycles. The summed E-state index contributed by atoms with van der Waals surface area (Å²) in [6, 6.07) is 8.64. The van der Waals surface area contributed by atoms with Gasteiger partial charge in [-0.25, -0.2) is 9.79 Å². The molecule has 0 radical (unpaired) electrons. The molecule has 0 bridgehead atoms. The highest BCUT2D eigenvalue weighted by Crippen LogP contribution is 2.29. The zero-order valence-corrected chi connectivity index (χ0v) is 13.9. The van der Waals surface area contributed by atoms with Gasteiger partial charge in [0.05, 0.1) is 14.2 Å². The lowest BCUT2D eigenvalue weighted by Gasteiger charge is -2.07. The van der Waals surface area contributed by atoms with E-state index in [2.05, 4.69) is 20.9 Å². The minimum absolute atomic E-state index is 0.132. The van der Waals surface area contributed by atoms with Gasteiger partial charge in [0.25, 0.3) is 5.90 Å². The van der Waals surface area contributed by atoms with Gasteiger partial charge in [-0.1, -0.05) is 6.07 Å². The Balaban J connectivity index is 1.93. The van der Waals surface area contributed by atoms with Crippen LogP contribution in [0.2, 0.25) is 0 Å². The monoisotopic (exact) mass is 377 g/mol. The zero-order valence-electron chi connectivity index (χ0n) is 12.3. The number of nitrogens with zero attached hydrogens (tertiary/aromatic N) is 1. The molecule has 0 fully saturated rings. The summed E-state index contributed by atoms with van der Waals surface area (Å²) in [6.45, 7) is 0. The molecule has 1 aromatic carbocycles. The van der Waals surface area contributed by atoms with Crippen LogP contribution >= 0.6 is 15.9 Å². The summed E-state index contributed by atoms with van der Waals surface area (Å²) >= 11 is 3.19. The maximum atomic E-state index is 11.9. The first kappa shape index (κ1) is 15.4. The molecule has 118 valence electrons. The van der Waals surface area contributed by atoms with Crippen molar-refractivity contribution in [2.45, 2.75) is 0 Å². The van der Waals surface area contributed by atoms with Crippen molar-refractivity contribution in [3.05, 3.63) is 52.0 Å². The average molecular weight is 378 g/mol. The van der Waals surface area contributed by atoms with Crippen molar-refractivity contribution in [1.82, 2.24) is 0 Å². The van der Waals surface area contributed by atoms with Gasteiger partial charge in [-0.15, -0.1) is 0 Å². The van der Waals surface area contributed by atoms with Gasteiger partial charge >= 0.3 is 5.97 Å². The van der Waals surface area contributed by atoms with Crippen LogP contribution in [0.15, 0.2) is 50.1 Å². The Morgan fingerprint density at radius 3 is 2.57 bits per heavy atom. The smallest absolute Gasteiger partial charge is 0.363 e. The molecule has 0 aliphatic carbocycles. The van der Waals surface area contributed by atoms with E-state index in [9.17, 15) is 4.79 Å². The second kappa shape index (κ2) is 6.29. The number of rotatable bonds is 4. The zero-order chi connectivity index (χ0) is 16.4. The van der Waals surface area contributed by atoms with Crippen LogP contribution < -0.4 is 9.47 Å². The van der Waals surface area contributed by atoms with Crippen LogP contribution in [-0.2, 0) is 9.53 Å². The minimum Gasteiger partial charge on any atom is -0.493 e. The number of hydrogen-bond donors (Lipinski definition) is 0. The van der Waals surface area contributed by atoms with Gasteiger partial charge in [0.1, 0.15) is 0 Å². The molecule has 0 saturated carbocycles. The molecule has 1 aliphatic heterocycles. The lowest BCUT2D eigenvalue weighted by atomic mass is 10.1. The van der Waals surface area contributed by atoms with Crippen LogP contribution in [0.4, 0.5) is 0 Å². The van der Waals surface area contributed by atoms with E-state index in [0.717, 1.165) is 5.56 Å². The second-order valence-corrected chi connectivity index (χ2v) is 5.34. The summed E-state index contributed by atoms with van der Waals surface area (Å²) in [5.74, 6) is 1.14.